The highest BCUT2D eigenvalue weighted by atomic mass is 32.2. The zero-order chi connectivity index (χ0) is 13.6. The average Bonchev–Trinajstić information content (AvgIpc) is 2.72. The van der Waals surface area contributed by atoms with E-state index in [4.69, 9.17) is 0 Å². The highest BCUT2D eigenvalue weighted by Gasteiger charge is 2.25. The number of aliphatic hydroxyl groups is 1. The van der Waals surface area contributed by atoms with Crippen LogP contribution in [0.25, 0.3) is 0 Å². The average molecular weight is 289 g/mol. The predicted molar refractivity (Wildman–Crippen MR) is 78.4 cm³/mol. The molecule has 0 aromatic carbocycles. The van der Waals surface area contributed by atoms with Gasteiger partial charge in [-0.25, -0.2) is 0 Å². The van der Waals surface area contributed by atoms with Crippen LogP contribution in [-0.4, -0.2) is 39.2 Å². The third kappa shape index (κ3) is 5.22. The van der Waals surface area contributed by atoms with E-state index in [0.29, 0.717) is 5.25 Å². The van der Waals surface area contributed by atoms with Gasteiger partial charge in [-0.3, -0.25) is 0 Å². The zero-order valence-corrected chi connectivity index (χ0v) is 13.2. The Morgan fingerprint density at radius 1 is 1.50 bits per heavy atom. The molecule has 4 nitrogen and oxygen atoms in total. The second kappa shape index (κ2) is 7.43. The molecular weight excluding hydrogens is 266 g/mol. The molecule has 0 radical (unpaired) electrons. The van der Waals surface area contributed by atoms with Gasteiger partial charge in [0.15, 0.2) is 4.34 Å². The highest BCUT2D eigenvalue weighted by molar-refractivity contribution is 8.01. The molecule has 18 heavy (non-hydrogen) atoms. The molecule has 1 heterocycles. The number of nitrogens with zero attached hydrogens (tertiary/aromatic N) is 2. The molecule has 2 N–H and O–H groups in total. The van der Waals surface area contributed by atoms with E-state index in [9.17, 15) is 5.11 Å². The summed E-state index contributed by atoms with van der Waals surface area (Å²) in [6.07, 6.45) is 1.99. The van der Waals surface area contributed by atoms with Gasteiger partial charge in [0, 0.05) is 10.8 Å². The first-order valence-electron chi connectivity index (χ1n) is 6.31. The Kier molecular flexibility index (Phi) is 6.55. The van der Waals surface area contributed by atoms with Crippen LogP contribution >= 0.6 is 23.1 Å². The normalized spacial score (nSPS) is 16.5. The van der Waals surface area contributed by atoms with Crippen molar-refractivity contribution in [2.24, 2.45) is 0 Å². The lowest BCUT2D eigenvalue weighted by atomic mass is 9.97. The fraction of sp³-hybridized carbons (Fsp3) is 0.833. The van der Waals surface area contributed by atoms with Gasteiger partial charge < -0.3 is 10.4 Å². The second-order valence-electron chi connectivity index (χ2n) is 4.87. The van der Waals surface area contributed by atoms with Crippen molar-refractivity contribution in [2.75, 3.05) is 13.2 Å². The van der Waals surface area contributed by atoms with Crippen molar-refractivity contribution in [3.63, 3.8) is 0 Å². The summed E-state index contributed by atoms with van der Waals surface area (Å²) in [5.41, 5.74) is -0.206. The maximum absolute atomic E-state index is 9.53. The molecule has 0 fully saturated rings. The first kappa shape index (κ1) is 15.9. The van der Waals surface area contributed by atoms with Crippen LogP contribution in [0.15, 0.2) is 4.34 Å². The Morgan fingerprint density at radius 3 is 2.72 bits per heavy atom. The summed E-state index contributed by atoms with van der Waals surface area (Å²) < 4.78 is 1.01. The van der Waals surface area contributed by atoms with Crippen molar-refractivity contribution in [3.8, 4) is 0 Å². The van der Waals surface area contributed by atoms with E-state index in [-0.39, 0.29) is 12.1 Å². The largest absolute Gasteiger partial charge is 0.394 e. The van der Waals surface area contributed by atoms with Crippen molar-refractivity contribution in [3.05, 3.63) is 5.01 Å². The minimum absolute atomic E-state index is 0.160. The molecule has 1 aromatic heterocycles. The van der Waals surface area contributed by atoms with Gasteiger partial charge in [0.1, 0.15) is 5.01 Å². The van der Waals surface area contributed by atoms with E-state index >= 15 is 0 Å². The van der Waals surface area contributed by atoms with Crippen molar-refractivity contribution in [1.29, 1.82) is 0 Å². The minimum atomic E-state index is -0.206. The van der Waals surface area contributed by atoms with E-state index in [1.54, 1.807) is 23.1 Å². The maximum atomic E-state index is 9.53. The van der Waals surface area contributed by atoms with Crippen LogP contribution < -0.4 is 5.32 Å². The van der Waals surface area contributed by atoms with Gasteiger partial charge in [0.2, 0.25) is 0 Å². The number of aryl methyl sites for hydroxylation is 1. The molecule has 0 aliphatic carbocycles. The van der Waals surface area contributed by atoms with Crippen molar-refractivity contribution >= 4 is 23.1 Å². The quantitative estimate of drug-likeness (QED) is 0.720. The standard InChI is InChI=1S/C12H23N3OS2/c1-5-6-13-12(4,8-16)7-9(2)17-11-15-14-10(3)18-11/h9,13,16H,5-8H2,1-4H3. The summed E-state index contributed by atoms with van der Waals surface area (Å²) in [7, 11) is 0. The van der Waals surface area contributed by atoms with Gasteiger partial charge in [0.25, 0.3) is 0 Å². The van der Waals surface area contributed by atoms with Crippen LogP contribution in [0.5, 0.6) is 0 Å². The Bertz CT molecular complexity index is 359. The number of thioether (sulfide) groups is 1. The van der Waals surface area contributed by atoms with Gasteiger partial charge >= 0.3 is 0 Å². The van der Waals surface area contributed by atoms with E-state index in [0.717, 1.165) is 28.7 Å². The first-order chi connectivity index (χ1) is 8.49. The van der Waals surface area contributed by atoms with E-state index in [1.165, 1.54) is 0 Å². The number of aliphatic hydroxyl groups excluding tert-OH is 1. The molecule has 0 saturated carbocycles. The van der Waals surface area contributed by atoms with E-state index in [2.05, 4.69) is 36.3 Å². The molecular formula is C12H23N3OS2. The molecule has 0 aliphatic heterocycles. The lowest BCUT2D eigenvalue weighted by Crippen LogP contribution is -2.47. The molecule has 0 aliphatic rings. The van der Waals surface area contributed by atoms with Gasteiger partial charge in [-0.2, -0.15) is 0 Å². The number of aromatic nitrogens is 2. The minimum Gasteiger partial charge on any atom is -0.394 e. The summed E-state index contributed by atoms with van der Waals surface area (Å²) in [5.74, 6) is 0. The SMILES string of the molecule is CCCNC(C)(CO)CC(C)Sc1nnc(C)s1. The fourth-order valence-corrected chi connectivity index (χ4v) is 4.14. The molecule has 0 saturated heterocycles. The van der Waals surface area contributed by atoms with Crippen molar-refractivity contribution < 1.29 is 5.11 Å². The van der Waals surface area contributed by atoms with Crippen LogP contribution in [-0.2, 0) is 0 Å². The lowest BCUT2D eigenvalue weighted by molar-refractivity contribution is 0.166. The Hall–Kier alpha value is -0.170. The number of nitrogens with one attached hydrogen (secondary N) is 1. The fourth-order valence-electron chi connectivity index (χ4n) is 1.79. The molecule has 0 bridgehead atoms. The summed E-state index contributed by atoms with van der Waals surface area (Å²) in [6, 6.07) is 0. The Morgan fingerprint density at radius 2 is 2.22 bits per heavy atom. The Balaban J connectivity index is 2.48. The summed E-state index contributed by atoms with van der Waals surface area (Å²) >= 11 is 3.36. The molecule has 2 atom stereocenters. The van der Waals surface area contributed by atoms with Crippen molar-refractivity contribution in [2.45, 2.75) is 55.7 Å². The van der Waals surface area contributed by atoms with Crippen molar-refractivity contribution in [1.82, 2.24) is 15.5 Å². The topological polar surface area (TPSA) is 58.0 Å². The Labute approximate surface area is 118 Å². The molecule has 6 heteroatoms. The molecule has 1 rings (SSSR count). The molecule has 1 aromatic rings. The number of rotatable bonds is 8. The number of hydrogen-bond acceptors (Lipinski definition) is 6. The van der Waals surface area contributed by atoms with Gasteiger partial charge in [-0.15, -0.1) is 10.2 Å². The third-order valence-corrected chi connectivity index (χ3v) is 4.72. The van der Waals surface area contributed by atoms with E-state index in [1.807, 2.05) is 6.92 Å². The van der Waals surface area contributed by atoms with Crippen LogP contribution in [0.3, 0.4) is 0 Å². The van der Waals surface area contributed by atoms with Crippen LogP contribution in [0.4, 0.5) is 0 Å². The second-order valence-corrected chi connectivity index (χ2v) is 7.73. The smallest absolute Gasteiger partial charge is 0.174 e. The summed E-state index contributed by atoms with van der Waals surface area (Å²) in [6.45, 7) is 9.44. The van der Waals surface area contributed by atoms with Gasteiger partial charge in [-0.05, 0) is 33.2 Å². The summed E-state index contributed by atoms with van der Waals surface area (Å²) in [5, 5.41) is 22.5. The zero-order valence-electron chi connectivity index (χ0n) is 11.6. The molecule has 104 valence electrons. The first-order valence-corrected chi connectivity index (χ1v) is 8.01. The maximum Gasteiger partial charge on any atom is 0.174 e. The molecule has 0 spiro atoms. The highest BCUT2D eigenvalue weighted by Crippen LogP contribution is 2.30. The summed E-state index contributed by atoms with van der Waals surface area (Å²) in [4.78, 5) is 0. The molecule has 0 amide bonds. The number of hydrogen-bond donors (Lipinski definition) is 2. The van der Waals surface area contributed by atoms with Crippen LogP contribution in [0.2, 0.25) is 0 Å². The molecule has 2 unspecified atom stereocenters. The van der Waals surface area contributed by atoms with Crippen LogP contribution in [0.1, 0.15) is 38.6 Å². The lowest BCUT2D eigenvalue weighted by Gasteiger charge is -2.31. The van der Waals surface area contributed by atoms with Gasteiger partial charge in [0.05, 0.1) is 6.61 Å². The van der Waals surface area contributed by atoms with Crippen LogP contribution in [0, 0.1) is 6.92 Å². The van der Waals surface area contributed by atoms with E-state index < -0.39 is 0 Å². The third-order valence-electron chi connectivity index (χ3n) is 2.70. The predicted octanol–water partition coefficient (Wildman–Crippen LogP) is 2.47. The van der Waals surface area contributed by atoms with Gasteiger partial charge in [-0.1, -0.05) is 36.9 Å². The monoisotopic (exact) mass is 289 g/mol.